The van der Waals surface area contributed by atoms with Gasteiger partial charge < -0.3 is 5.32 Å². The normalized spacial score (nSPS) is 17.6. The largest absolute Gasteiger partial charge is 0.446 e. The van der Waals surface area contributed by atoms with Gasteiger partial charge in [-0.25, -0.2) is 0 Å². The second-order valence-electron chi connectivity index (χ2n) is 4.94. The summed E-state index contributed by atoms with van der Waals surface area (Å²) >= 11 is -0.0737. The smallest absolute Gasteiger partial charge is 0.314 e. The van der Waals surface area contributed by atoms with E-state index in [0.29, 0.717) is 0 Å². The zero-order valence-corrected chi connectivity index (χ0v) is 13.7. The number of hydrogen-bond donors (Lipinski definition) is 1. The van der Waals surface area contributed by atoms with Gasteiger partial charge in [-0.15, -0.1) is 19.0 Å². The second kappa shape index (κ2) is 8.82. The topological polar surface area (TPSA) is 15.3 Å². The number of alkyl halides is 3. The van der Waals surface area contributed by atoms with Crippen molar-refractivity contribution in [2.75, 3.05) is 26.2 Å². The number of nitrogens with zero attached hydrogens (tertiary/aromatic N) is 1. The van der Waals surface area contributed by atoms with Crippen molar-refractivity contribution >= 4 is 24.2 Å². The summed E-state index contributed by atoms with van der Waals surface area (Å²) in [7, 11) is 0. The molecule has 2 rings (SSSR count). The summed E-state index contributed by atoms with van der Waals surface area (Å²) in [5, 5.41) is 3.30. The maximum Gasteiger partial charge on any atom is 0.446 e. The molecule has 2 nitrogen and oxygen atoms in total. The van der Waals surface area contributed by atoms with E-state index in [2.05, 4.69) is 16.8 Å². The van der Waals surface area contributed by atoms with Gasteiger partial charge in [-0.3, -0.25) is 4.90 Å². The fourth-order valence-electron chi connectivity index (χ4n) is 2.54. The molecule has 1 saturated heterocycles. The molecule has 1 fully saturated rings. The monoisotopic (exact) mass is 352 g/mol. The minimum atomic E-state index is -4.24. The number of piperazine rings is 1. The number of thioether (sulfide) groups is 1. The molecule has 0 bridgehead atoms. The van der Waals surface area contributed by atoms with E-state index in [1.807, 2.05) is 6.08 Å². The standard InChI is InChI=1S/C15H19F3N2S.ClH/c1-2-3-14(20-10-8-19-9-11-20)12-4-6-13(7-5-12)21-15(16,17)18;/h2,4-7,14,19H,1,3,8-11H2;1H/t14-;/m1./s1. The molecular weight excluding hydrogens is 333 g/mol. The van der Waals surface area contributed by atoms with Crippen molar-refractivity contribution in [2.45, 2.75) is 22.9 Å². The van der Waals surface area contributed by atoms with Gasteiger partial charge in [0.05, 0.1) is 0 Å². The fraction of sp³-hybridized carbons (Fsp3) is 0.467. The van der Waals surface area contributed by atoms with Gasteiger partial charge in [0.1, 0.15) is 0 Å². The van der Waals surface area contributed by atoms with Gasteiger partial charge in [0, 0.05) is 37.1 Å². The molecule has 0 aliphatic carbocycles. The van der Waals surface area contributed by atoms with Crippen molar-refractivity contribution in [3.8, 4) is 0 Å². The van der Waals surface area contributed by atoms with Gasteiger partial charge in [-0.2, -0.15) is 13.2 Å². The molecule has 1 atom stereocenters. The van der Waals surface area contributed by atoms with Crippen molar-refractivity contribution in [3.63, 3.8) is 0 Å². The molecule has 0 radical (unpaired) electrons. The highest BCUT2D eigenvalue weighted by Crippen LogP contribution is 2.37. The molecule has 1 aliphatic rings. The summed E-state index contributed by atoms with van der Waals surface area (Å²) in [5.74, 6) is 0. The van der Waals surface area contributed by atoms with Gasteiger partial charge in [-0.05, 0) is 35.9 Å². The van der Waals surface area contributed by atoms with Crippen LogP contribution in [0.15, 0.2) is 41.8 Å². The Morgan fingerprint density at radius 3 is 2.32 bits per heavy atom. The molecule has 1 N–H and O–H groups in total. The average Bonchev–Trinajstić information content (AvgIpc) is 2.45. The van der Waals surface area contributed by atoms with Crippen LogP contribution in [0.5, 0.6) is 0 Å². The summed E-state index contributed by atoms with van der Waals surface area (Å²) in [4.78, 5) is 2.58. The second-order valence-corrected chi connectivity index (χ2v) is 6.08. The first-order chi connectivity index (χ1) is 9.99. The third-order valence-electron chi connectivity index (χ3n) is 3.48. The first kappa shape index (κ1) is 19.4. The van der Waals surface area contributed by atoms with Crippen LogP contribution in [0.2, 0.25) is 0 Å². The Morgan fingerprint density at radius 1 is 1.23 bits per heavy atom. The third-order valence-corrected chi connectivity index (χ3v) is 4.22. The van der Waals surface area contributed by atoms with Crippen LogP contribution in [-0.4, -0.2) is 36.6 Å². The third kappa shape index (κ3) is 5.83. The lowest BCUT2D eigenvalue weighted by Crippen LogP contribution is -2.45. The van der Waals surface area contributed by atoms with E-state index in [0.717, 1.165) is 38.2 Å². The van der Waals surface area contributed by atoms with E-state index >= 15 is 0 Å². The summed E-state index contributed by atoms with van der Waals surface area (Å²) in [6.07, 6.45) is 2.66. The van der Waals surface area contributed by atoms with E-state index in [4.69, 9.17) is 0 Å². The molecule has 0 spiro atoms. The molecular formula is C15H20ClF3N2S. The number of benzene rings is 1. The minimum Gasteiger partial charge on any atom is -0.314 e. The predicted molar refractivity (Wildman–Crippen MR) is 87.6 cm³/mol. The van der Waals surface area contributed by atoms with Crippen molar-refractivity contribution in [1.82, 2.24) is 10.2 Å². The van der Waals surface area contributed by atoms with Crippen molar-refractivity contribution < 1.29 is 13.2 Å². The van der Waals surface area contributed by atoms with Crippen LogP contribution in [0.4, 0.5) is 13.2 Å². The van der Waals surface area contributed by atoms with E-state index in [1.165, 1.54) is 0 Å². The van der Waals surface area contributed by atoms with Crippen molar-refractivity contribution in [2.24, 2.45) is 0 Å². The first-order valence-corrected chi connectivity index (χ1v) is 7.72. The lowest BCUT2D eigenvalue weighted by molar-refractivity contribution is -0.0328. The Bertz CT molecular complexity index is 459. The minimum absolute atomic E-state index is 0. The lowest BCUT2D eigenvalue weighted by Gasteiger charge is -2.34. The Kier molecular flexibility index (Phi) is 7.76. The van der Waals surface area contributed by atoms with E-state index < -0.39 is 5.51 Å². The molecule has 1 aromatic rings. The van der Waals surface area contributed by atoms with Crippen LogP contribution in [0, 0.1) is 0 Å². The van der Waals surface area contributed by atoms with Gasteiger partial charge in [0.2, 0.25) is 0 Å². The van der Waals surface area contributed by atoms with Crippen LogP contribution < -0.4 is 5.32 Å². The summed E-state index contributed by atoms with van der Waals surface area (Å²) in [5.41, 5.74) is -3.19. The maximum absolute atomic E-state index is 12.3. The van der Waals surface area contributed by atoms with Gasteiger partial charge in [0.25, 0.3) is 0 Å². The van der Waals surface area contributed by atoms with Crippen molar-refractivity contribution in [1.29, 1.82) is 0 Å². The number of hydrogen-bond acceptors (Lipinski definition) is 3. The highest BCUT2D eigenvalue weighted by molar-refractivity contribution is 8.00. The number of rotatable bonds is 5. The predicted octanol–water partition coefficient (Wildman–Crippen LogP) is 4.24. The maximum atomic E-state index is 12.3. The molecule has 124 valence electrons. The van der Waals surface area contributed by atoms with Crippen molar-refractivity contribution in [3.05, 3.63) is 42.5 Å². The van der Waals surface area contributed by atoms with Crippen LogP contribution in [0.25, 0.3) is 0 Å². The van der Waals surface area contributed by atoms with E-state index in [-0.39, 0.29) is 35.1 Å². The molecule has 0 saturated carbocycles. The SMILES string of the molecule is C=CC[C@H](c1ccc(SC(F)(F)F)cc1)N1CCNCC1.Cl. The van der Waals surface area contributed by atoms with Crippen LogP contribution in [0.3, 0.4) is 0 Å². The highest BCUT2D eigenvalue weighted by atomic mass is 35.5. The van der Waals surface area contributed by atoms with Gasteiger partial charge in [0.15, 0.2) is 0 Å². The Balaban J connectivity index is 0.00000242. The van der Waals surface area contributed by atoms with Gasteiger partial charge in [-0.1, -0.05) is 18.2 Å². The molecule has 0 amide bonds. The Morgan fingerprint density at radius 2 is 1.82 bits per heavy atom. The zero-order valence-electron chi connectivity index (χ0n) is 12.1. The van der Waals surface area contributed by atoms with E-state index in [1.54, 1.807) is 24.3 Å². The van der Waals surface area contributed by atoms with E-state index in [9.17, 15) is 13.2 Å². The Hall–Kier alpha value is -0.690. The molecule has 7 heteroatoms. The zero-order chi connectivity index (χ0) is 15.3. The Labute approximate surface area is 139 Å². The first-order valence-electron chi connectivity index (χ1n) is 6.91. The fourth-order valence-corrected chi connectivity index (χ4v) is 3.08. The molecule has 0 unspecified atom stereocenters. The summed E-state index contributed by atoms with van der Waals surface area (Å²) < 4.78 is 37.0. The van der Waals surface area contributed by atoms with Gasteiger partial charge >= 0.3 is 5.51 Å². The average molecular weight is 353 g/mol. The molecule has 22 heavy (non-hydrogen) atoms. The highest BCUT2D eigenvalue weighted by Gasteiger charge is 2.29. The summed E-state index contributed by atoms with van der Waals surface area (Å²) in [6, 6.07) is 6.88. The van der Waals surface area contributed by atoms with Crippen LogP contribution >= 0.6 is 24.2 Å². The molecule has 0 aromatic heterocycles. The van der Waals surface area contributed by atoms with Crippen LogP contribution in [-0.2, 0) is 0 Å². The number of halogens is 4. The molecule has 1 heterocycles. The number of nitrogens with one attached hydrogen (secondary N) is 1. The quantitative estimate of drug-likeness (QED) is 0.630. The summed E-state index contributed by atoms with van der Waals surface area (Å²) in [6.45, 7) is 7.56. The lowest BCUT2D eigenvalue weighted by atomic mass is 10.0. The molecule has 1 aromatic carbocycles. The van der Waals surface area contributed by atoms with Crippen LogP contribution in [0.1, 0.15) is 18.0 Å². The molecule has 1 aliphatic heterocycles.